The lowest BCUT2D eigenvalue weighted by atomic mass is 10.2. The van der Waals surface area contributed by atoms with Crippen molar-refractivity contribution in [3.63, 3.8) is 0 Å². The van der Waals surface area contributed by atoms with Crippen LogP contribution < -0.4 is 5.32 Å². The maximum absolute atomic E-state index is 5.77. The van der Waals surface area contributed by atoms with Gasteiger partial charge >= 0.3 is 0 Å². The summed E-state index contributed by atoms with van der Waals surface area (Å²) < 4.78 is 1.83. The first kappa shape index (κ1) is 11.5. The molecule has 14 heavy (non-hydrogen) atoms. The first-order chi connectivity index (χ1) is 6.76. The molecule has 0 radical (unpaired) electrons. The zero-order chi connectivity index (χ0) is 10.4. The molecule has 1 rings (SSSR count). The Morgan fingerprint density at radius 2 is 2.43 bits per heavy atom. The number of hydrogen-bond donors (Lipinski definition) is 1. The average Bonchev–Trinajstić information content (AvgIpc) is 2.59. The van der Waals surface area contributed by atoms with Crippen molar-refractivity contribution >= 4 is 11.6 Å². The van der Waals surface area contributed by atoms with Crippen LogP contribution >= 0.6 is 11.6 Å². The van der Waals surface area contributed by atoms with E-state index in [4.69, 9.17) is 11.6 Å². The molecule has 1 unspecified atom stereocenters. The molecule has 1 heterocycles. The van der Waals surface area contributed by atoms with Crippen LogP contribution in [0, 0.1) is 0 Å². The van der Waals surface area contributed by atoms with Crippen LogP contribution in [0.25, 0.3) is 0 Å². The Kier molecular flexibility index (Phi) is 4.98. The molecule has 0 aliphatic carbocycles. The third kappa shape index (κ3) is 3.68. The van der Waals surface area contributed by atoms with Gasteiger partial charge in [0.25, 0.3) is 0 Å². The summed E-state index contributed by atoms with van der Waals surface area (Å²) in [7, 11) is 1.94. The minimum absolute atomic E-state index is 0.438. The SMILES string of the molecule is CCC(CCl)NCCc1cnn(C)c1. The second-order valence-corrected chi connectivity index (χ2v) is 3.79. The molecule has 1 aromatic heterocycles. The van der Waals surface area contributed by atoms with Gasteiger partial charge in [0.1, 0.15) is 0 Å². The monoisotopic (exact) mass is 215 g/mol. The first-order valence-electron chi connectivity index (χ1n) is 5.03. The molecule has 0 aromatic carbocycles. The predicted molar refractivity (Wildman–Crippen MR) is 59.7 cm³/mol. The molecule has 0 bridgehead atoms. The fraction of sp³-hybridized carbons (Fsp3) is 0.700. The van der Waals surface area contributed by atoms with E-state index in [9.17, 15) is 0 Å². The fourth-order valence-electron chi connectivity index (χ4n) is 1.33. The summed E-state index contributed by atoms with van der Waals surface area (Å²) in [6, 6.07) is 0.438. The maximum Gasteiger partial charge on any atom is 0.0522 e. The number of nitrogens with zero attached hydrogens (tertiary/aromatic N) is 2. The number of rotatable bonds is 6. The molecule has 0 aliphatic rings. The Bertz CT molecular complexity index is 256. The molecule has 80 valence electrons. The Morgan fingerprint density at radius 3 is 2.93 bits per heavy atom. The molecule has 3 nitrogen and oxygen atoms in total. The molecule has 0 aliphatic heterocycles. The van der Waals surface area contributed by atoms with Crippen LogP contribution in [-0.4, -0.2) is 28.2 Å². The zero-order valence-electron chi connectivity index (χ0n) is 8.83. The number of aryl methyl sites for hydroxylation is 1. The minimum Gasteiger partial charge on any atom is -0.312 e. The van der Waals surface area contributed by atoms with Gasteiger partial charge in [0, 0.05) is 25.2 Å². The lowest BCUT2D eigenvalue weighted by molar-refractivity contribution is 0.542. The van der Waals surface area contributed by atoms with Gasteiger partial charge in [0.2, 0.25) is 0 Å². The van der Waals surface area contributed by atoms with E-state index in [1.165, 1.54) is 5.56 Å². The zero-order valence-corrected chi connectivity index (χ0v) is 9.59. The highest BCUT2D eigenvalue weighted by molar-refractivity contribution is 6.18. The second kappa shape index (κ2) is 6.04. The van der Waals surface area contributed by atoms with Gasteiger partial charge in [0.15, 0.2) is 0 Å². The quantitative estimate of drug-likeness (QED) is 0.731. The molecular formula is C10H18ClN3. The van der Waals surface area contributed by atoms with Crippen molar-refractivity contribution in [1.29, 1.82) is 0 Å². The molecule has 0 amide bonds. The van der Waals surface area contributed by atoms with Crippen molar-refractivity contribution in [2.24, 2.45) is 7.05 Å². The van der Waals surface area contributed by atoms with Gasteiger partial charge in [-0.25, -0.2) is 0 Å². The van der Waals surface area contributed by atoms with Gasteiger partial charge in [-0.2, -0.15) is 5.10 Å². The smallest absolute Gasteiger partial charge is 0.0522 e. The van der Waals surface area contributed by atoms with Gasteiger partial charge in [-0.1, -0.05) is 6.92 Å². The largest absolute Gasteiger partial charge is 0.312 e. The third-order valence-corrected chi connectivity index (χ3v) is 2.66. The van der Waals surface area contributed by atoms with Crippen LogP contribution in [-0.2, 0) is 13.5 Å². The standard InChI is InChI=1S/C10H18ClN3/c1-3-10(6-11)12-5-4-9-7-13-14(2)8-9/h7-8,10,12H,3-6H2,1-2H3. The van der Waals surface area contributed by atoms with Crippen molar-refractivity contribution in [1.82, 2.24) is 15.1 Å². The Hall–Kier alpha value is -0.540. The number of aromatic nitrogens is 2. The Balaban J connectivity index is 2.21. The van der Waals surface area contributed by atoms with E-state index in [0.29, 0.717) is 11.9 Å². The highest BCUT2D eigenvalue weighted by Gasteiger charge is 2.02. The van der Waals surface area contributed by atoms with E-state index in [1.54, 1.807) is 0 Å². The molecule has 0 saturated heterocycles. The summed E-state index contributed by atoms with van der Waals surface area (Å²) in [5, 5.41) is 7.53. The van der Waals surface area contributed by atoms with Crippen LogP contribution in [0.3, 0.4) is 0 Å². The first-order valence-corrected chi connectivity index (χ1v) is 5.56. The van der Waals surface area contributed by atoms with Crippen molar-refractivity contribution in [3.05, 3.63) is 18.0 Å². The van der Waals surface area contributed by atoms with E-state index in [1.807, 2.05) is 24.1 Å². The van der Waals surface area contributed by atoms with Crippen LogP contribution in [0.4, 0.5) is 0 Å². The number of nitrogens with one attached hydrogen (secondary N) is 1. The number of alkyl halides is 1. The molecule has 1 atom stereocenters. The summed E-state index contributed by atoms with van der Waals surface area (Å²) in [5.74, 6) is 0.684. The van der Waals surface area contributed by atoms with E-state index in [0.717, 1.165) is 19.4 Å². The van der Waals surface area contributed by atoms with Gasteiger partial charge in [-0.3, -0.25) is 4.68 Å². The molecule has 1 N–H and O–H groups in total. The fourth-order valence-corrected chi connectivity index (χ4v) is 1.66. The van der Waals surface area contributed by atoms with Crippen molar-refractivity contribution in [2.45, 2.75) is 25.8 Å². The van der Waals surface area contributed by atoms with Crippen molar-refractivity contribution < 1.29 is 0 Å². The normalized spacial score (nSPS) is 13.1. The number of hydrogen-bond acceptors (Lipinski definition) is 2. The third-order valence-electron chi connectivity index (χ3n) is 2.28. The average molecular weight is 216 g/mol. The van der Waals surface area contributed by atoms with E-state index in [2.05, 4.69) is 17.3 Å². The minimum atomic E-state index is 0.438. The molecule has 0 saturated carbocycles. The topological polar surface area (TPSA) is 29.9 Å². The Morgan fingerprint density at radius 1 is 1.64 bits per heavy atom. The van der Waals surface area contributed by atoms with E-state index in [-0.39, 0.29) is 0 Å². The van der Waals surface area contributed by atoms with Gasteiger partial charge < -0.3 is 5.32 Å². The summed E-state index contributed by atoms with van der Waals surface area (Å²) in [5.41, 5.74) is 1.27. The van der Waals surface area contributed by atoms with Crippen molar-refractivity contribution in [3.8, 4) is 0 Å². The molecule has 0 spiro atoms. The highest BCUT2D eigenvalue weighted by atomic mass is 35.5. The van der Waals surface area contributed by atoms with Crippen LogP contribution in [0.1, 0.15) is 18.9 Å². The summed E-state index contributed by atoms with van der Waals surface area (Å²) in [6.45, 7) is 3.11. The van der Waals surface area contributed by atoms with Crippen LogP contribution in [0.2, 0.25) is 0 Å². The number of halogens is 1. The van der Waals surface area contributed by atoms with Crippen LogP contribution in [0.5, 0.6) is 0 Å². The molecular weight excluding hydrogens is 198 g/mol. The van der Waals surface area contributed by atoms with Gasteiger partial charge in [0.05, 0.1) is 6.20 Å². The second-order valence-electron chi connectivity index (χ2n) is 3.49. The van der Waals surface area contributed by atoms with E-state index < -0.39 is 0 Å². The lowest BCUT2D eigenvalue weighted by Crippen LogP contribution is -2.31. The maximum atomic E-state index is 5.77. The Labute approximate surface area is 90.4 Å². The lowest BCUT2D eigenvalue weighted by Gasteiger charge is -2.12. The molecule has 4 heteroatoms. The molecule has 1 aromatic rings. The highest BCUT2D eigenvalue weighted by Crippen LogP contribution is 1.98. The van der Waals surface area contributed by atoms with Crippen LogP contribution in [0.15, 0.2) is 12.4 Å². The van der Waals surface area contributed by atoms with E-state index >= 15 is 0 Å². The summed E-state index contributed by atoms with van der Waals surface area (Å²) >= 11 is 5.77. The predicted octanol–water partition coefficient (Wildman–Crippen LogP) is 1.57. The van der Waals surface area contributed by atoms with Gasteiger partial charge in [-0.15, -0.1) is 11.6 Å². The van der Waals surface area contributed by atoms with Gasteiger partial charge in [-0.05, 0) is 24.9 Å². The summed E-state index contributed by atoms with van der Waals surface area (Å²) in [6.07, 6.45) is 6.05. The molecule has 0 fully saturated rings. The van der Waals surface area contributed by atoms with Crippen molar-refractivity contribution in [2.75, 3.05) is 12.4 Å². The summed E-state index contributed by atoms with van der Waals surface area (Å²) in [4.78, 5) is 0.